The third-order valence-corrected chi connectivity index (χ3v) is 18.2. The first kappa shape index (κ1) is 49.4. The van der Waals surface area contributed by atoms with Crippen LogP contribution in [-0.2, 0) is 0 Å². The molecule has 86 heavy (non-hydrogen) atoms. The van der Waals surface area contributed by atoms with E-state index in [4.69, 9.17) is 0 Å². The van der Waals surface area contributed by atoms with Crippen LogP contribution in [0, 0.1) is 0 Å². The van der Waals surface area contributed by atoms with E-state index in [2.05, 4.69) is 328 Å². The summed E-state index contributed by atoms with van der Waals surface area (Å²) in [5.74, 6) is 0. The summed E-state index contributed by atoms with van der Waals surface area (Å²) in [6.07, 6.45) is 0. The molecule has 0 unspecified atom stereocenters. The summed E-state index contributed by atoms with van der Waals surface area (Å²) in [4.78, 5) is 0. The standard InChI is InChI=1S/C86H54/c1-3-25-55(26-4-1)61-35-11-13-37-65(61)85-77-51-49-60(82-71-41-17-21-45-75(71)84(76-46-22-18-42-72(76)82)68-48-24-32-58-30-8-10-34-64(58)68)54-80(77)86(66-38-14-12-36-62(66)56-27-5-2-6-28-56)78-52-50-59(53-79(78)85)81-69-39-15-19-43-73(69)83(74-44-20-16-40-70(74)81)67-47-23-31-57-29-7-9-33-63(57)67/h1-54H. The van der Waals surface area contributed by atoms with Gasteiger partial charge in [0.25, 0.3) is 0 Å². The summed E-state index contributed by atoms with van der Waals surface area (Å²) >= 11 is 0. The van der Waals surface area contributed by atoms with Gasteiger partial charge in [0.1, 0.15) is 0 Å². The zero-order valence-electron chi connectivity index (χ0n) is 47.2. The molecule has 0 aromatic heterocycles. The van der Waals surface area contributed by atoms with Gasteiger partial charge < -0.3 is 0 Å². The summed E-state index contributed by atoms with van der Waals surface area (Å²) < 4.78 is 0. The second kappa shape index (κ2) is 20.3. The van der Waals surface area contributed by atoms with Gasteiger partial charge in [-0.2, -0.15) is 0 Å². The van der Waals surface area contributed by atoms with Gasteiger partial charge in [0, 0.05) is 0 Å². The molecule has 0 atom stereocenters. The van der Waals surface area contributed by atoms with Crippen LogP contribution in [-0.4, -0.2) is 0 Å². The SMILES string of the molecule is c1ccc(-c2ccccc2-c2c3ccc(-c4c5ccccc5c(-c5cccc6ccccc56)c5ccccc45)cc3c(-c3ccccc3-c3ccccc3)c3ccc(-c4c5ccccc5c(-c5cccc6ccccc56)c5ccccc45)cc23)cc1. The largest absolute Gasteiger partial charge is 0.0622 e. The maximum atomic E-state index is 2.53. The highest BCUT2D eigenvalue weighted by Crippen LogP contribution is 2.53. The van der Waals surface area contributed by atoms with Crippen LogP contribution in [0.5, 0.6) is 0 Å². The van der Waals surface area contributed by atoms with Crippen LogP contribution in [0.1, 0.15) is 0 Å². The predicted octanol–water partition coefficient (Wildman–Crippen LogP) is 24.2. The van der Waals surface area contributed by atoms with E-state index < -0.39 is 0 Å². The van der Waals surface area contributed by atoms with Gasteiger partial charge in [-0.3, -0.25) is 0 Å². The van der Waals surface area contributed by atoms with Gasteiger partial charge in [-0.1, -0.05) is 315 Å². The minimum atomic E-state index is 1.18. The summed E-state index contributed by atoms with van der Waals surface area (Å²) in [6, 6.07) is 122. The first-order valence-electron chi connectivity index (χ1n) is 29.9. The molecule has 0 aliphatic carbocycles. The van der Waals surface area contributed by atoms with Gasteiger partial charge in [-0.15, -0.1) is 0 Å². The van der Waals surface area contributed by atoms with Gasteiger partial charge in [-0.25, -0.2) is 0 Å². The van der Waals surface area contributed by atoms with Crippen molar-refractivity contribution in [3.63, 3.8) is 0 Å². The van der Waals surface area contributed by atoms with Crippen LogP contribution in [0.2, 0.25) is 0 Å². The maximum absolute atomic E-state index is 2.53. The zero-order valence-corrected chi connectivity index (χ0v) is 47.2. The molecule has 0 radical (unpaired) electrons. The van der Waals surface area contributed by atoms with E-state index in [1.54, 1.807) is 0 Å². The zero-order chi connectivity index (χ0) is 56.7. The van der Waals surface area contributed by atoms with Crippen LogP contribution >= 0.6 is 0 Å². The molecule has 17 aromatic carbocycles. The third-order valence-electron chi connectivity index (χ3n) is 18.2. The molecule has 17 aromatic rings. The van der Waals surface area contributed by atoms with Crippen molar-refractivity contribution in [3.05, 3.63) is 328 Å². The fourth-order valence-electron chi connectivity index (χ4n) is 14.6. The van der Waals surface area contributed by atoms with Crippen molar-refractivity contribution in [1.29, 1.82) is 0 Å². The van der Waals surface area contributed by atoms with Crippen LogP contribution < -0.4 is 0 Å². The fourth-order valence-corrected chi connectivity index (χ4v) is 14.6. The fraction of sp³-hybridized carbons (Fsp3) is 0. The lowest BCUT2D eigenvalue weighted by Gasteiger charge is -2.24. The molecular weight excluding hydrogens is 1030 g/mol. The van der Waals surface area contributed by atoms with Crippen molar-refractivity contribution < 1.29 is 0 Å². The number of benzene rings is 17. The Bertz CT molecular complexity index is 5100. The van der Waals surface area contributed by atoms with Crippen molar-refractivity contribution in [3.8, 4) is 89.0 Å². The second-order valence-corrected chi connectivity index (χ2v) is 22.8. The van der Waals surface area contributed by atoms with E-state index in [9.17, 15) is 0 Å². The van der Waals surface area contributed by atoms with E-state index in [0.717, 1.165) is 0 Å². The Morgan fingerprint density at radius 1 is 0.116 bits per heavy atom. The molecule has 0 spiro atoms. The number of fused-ring (bicyclic) bond motifs is 8. The lowest BCUT2D eigenvalue weighted by Crippen LogP contribution is -1.96. The Balaban J connectivity index is 1.01. The van der Waals surface area contributed by atoms with Gasteiger partial charge in [-0.05, 0) is 187 Å². The van der Waals surface area contributed by atoms with Gasteiger partial charge in [0.15, 0.2) is 0 Å². The minimum Gasteiger partial charge on any atom is -0.0622 e. The van der Waals surface area contributed by atoms with Gasteiger partial charge in [0.05, 0.1) is 0 Å². The molecule has 0 nitrogen and oxygen atoms in total. The average molecular weight is 1090 g/mol. The topological polar surface area (TPSA) is 0 Å². The molecule has 0 aliphatic heterocycles. The quantitative estimate of drug-likeness (QED) is 0.133. The normalized spacial score (nSPS) is 11.7. The van der Waals surface area contributed by atoms with Gasteiger partial charge in [0.2, 0.25) is 0 Å². The highest BCUT2D eigenvalue weighted by Gasteiger charge is 2.26. The Morgan fingerprint density at radius 3 is 0.721 bits per heavy atom. The van der Waals surface area contributed by atoms with E-state index in [1.165, 1.54) is 175 Å². The molecule has 0 saturated heterocycles. The Morgan fingerprint density at radius 2 is 0.360 bits per heavy atom. The maximum Gasteiger partial charge on any atom is -0.00199 e. The van der Waals surface area contributed by atoms with E-state index in [1.807, 2.05) is 0 Å². The summed E-state index contributed by atoms with van der Waals surface area (Å²) in [7, 11) is 0. The molecule has 398 valence electrons. The van der Waals surface area contributed by atoms with Crippen molar-refractivity contribution in [2.75, 3.05) is 0 Å². The van der Waals surface area contributed by atoms with Crippen LogP contribution in [0.25, 0.3) is 175 Å². The molecule has 0 aliphatic rings. The molecule has 17 rings (SSSR count). The minimum absolute atomic E-state index is 1.18. The number of hydrogen-bond donors (Lipinski definition) is 0. The molecule has 0 heteroatoms. The molecule has 0 saturated carbocycles. The second-order valence-electron chi connectivity index (χ2n) is 22.8. The van der Waals surface area contributed by atoms with Gasteiger partial charge >= 0.3 is 0 Å². The van der Waals surface area contributed by atoms with Crippen LogP contribution in [0.3, 0.4) is 0 Å². The third kappa shape index (κ3) is 7.84. The van der Waals surface area contributed by atoms with Crippen molar-refractivity contribution in [2.45, 2.75) is 0 Å². The average Bonchev–Trinajstić information content (AvgIpc) is 0.796. The lowest BCUT2D eigenvalue weighted by molar-refractivity contribution is 1.59. The highest BCUT2D eigenvalue weighted by molar-refractivity contribution is 6.29. The molecule has 0 heterocycles. The number of hydrogen-bond acceptors (Lipinski definition) is 0. The monoisotopic (exact) mass is 1090 g/mol. The van der Waals surface area contributed by atoms with Crippen LogP contribution in [0.15, 0.2) is 328 Å². The molecule has 0 N–H and O–H groups in total. The van der Waals surface area contributed by atoms with E-state index in [-0.39, 0.29) is 0 Å². The summed E-state index contributed by atoms with van der Waals surface area (Å²) in [6.45, 7) is 0. The van der Waals surface area contributed by atoms with E-state index >= 15 is 0 Å². The Hall–Kier alpha value is -11.2. The first-order valence-corrected chi connectivity index (χ1v) is 29.9. The van der Waals surface area contributed by atoms with E-state index in [0.29, 0.717) is 0 Å². The van der Waals surface area contributed by atoms with Crippen molar-refractivity contribution in [2.24, 2.45) is 0 Å². The van der Waals surface area contributed by atoms with Crippen molar-refractivity contribution >= 4 is 86.2 Å². The molecular formula is C86H54. The first-order chi connectivity index (χ1) is 42.7. The smallest absolute Gasteiger partial charge is 0.00199 e. The predicted molar refractivity (Wildman–Crippen MR) is 370 cm³/mol. The Kier molecular flexibility index (Phi) is 11.7. The Labute approximate surface area is 499 Å². The summed E-state index contributed by atoms with van der Waals surface area (Å²) in [5, 5.41) is 19.6. The lowest BCUT2D eigenvalue weighted by atomic mass is 9.79. The molecule has 0 bridgehead atoms. The molecule has 0 fully saturated rings. The van der Waals surface area contributed by atoms with Crippen LogP contribution in [0.4, 0.5) is 0 Å². The molecule has 0 amide bonds. The highest BCUT2D eigenvalue weighted by atomic mass is 14.3. The number of rotatable bonds is 8. The van der Waals surface area contributed by atoms with Crippen molar-refractivity contribution in [1.82, 2.24) is 0 Å². The summed E-state index contributed by atoms with van der Waals surface area (Å²) in [5.41, 5.74) is 19.4.